The van der Waals surface area contributed by atoms with Gasteiger partial charge in [0.1, 0.15) is 11.3 Å². The zero-order valence-corrected chi connectivity index (χ0v) is 7.77. The lowest BCUT2D eigenvalue weighted by atomic mass is 10.1. The van der Waals surface area contributed by atoms with E-state index in [1.165, 1.54) is 6.92 Å². The first-order chi connectivity index (χ1) is 5.57. The predicted molar refractivity (Wildman–Crippen MR) is 47.0 cm³/mol. The summed E-state index contributed by atoms with van der Waals surface area (Å²) in [4.78, 5) is 22.0. The number of aliphatic hydroxyl groups excluding tert-OH is 1. The average molecular weight is 186 g/mol. The molecule has 1 aliphatic heterocycles. The van der Waals surface area contributed by atoms with E-state index in [1.807, 2.05) is 6.92 Å². The molecule has 1 rings (SSSR count). The Bertz CT molecular complexity index is 267. The number of thioether (sulfide) groups is 1. The smallest absolute Gasteiger partial charge is 0.227 e. The molecule has 66 valence electrons. The molecule has 0 radical (unpaired) electrons. The Morgan fingerprint density at radius 2 is 2.25 bits per heavy atom. The van der Waals surface area contributed by atoms with Gasteiger partial charge in [-0.3, -0.25) is 9.59 Å². The van der Waals surface area contributed by atoms with Crippen molar-refractivity contribution in [3.8, 4) is 0 Å². The van der Waals surface area contributed by atoms with Crippen molar-refractivity contribution in [2.75, 3.05) is 0 Å². The SMILES string of the molecule is CCC1SC(=O)C(C(C)=O)=C1O. The second-order valence-corrected chi connectivity index (χ2v) is 3.79. The third-order valence-electron chi connectivity index (χ3n) is 1.74. The van der Waals surface area contributed by atoms with Crippen molar-refractivity contribution < 1.29 is 14.7 Å². The highest BCUT2D eigenvalue weighted by Gasteiger charge is 2.34. The fraction of sp³-hybridized carbons (Fsp3) is 0.500. The molecule has 0 spiro atoms. The largest absolute Gasteiger partial charge is 0.510 e. The molecule has 1 heterocycles. The van der Waals surface area contributed by atoms with Crippen molar-refractivity contribution in [3.05, 3.63) is 11.3 Å². The summed E-state index contributed by atoms with van der Waals surface area (Å²) in [5.74, 6) is -0.388. The number of aliphatic hydroxyl groups is 1. The number of hydrogen-bond acceptors (Lipinski definition) is 4. The molecular weight excluding hydrogens is 176 g/mol. The van der Waals surface area contributed by atoms with Gasteiger partial charge in [0.05, 0.1) is 5.25 Å². The van der Waals surface area contributed by atoms with Gasteiger partial charge in [0.25, 0.3) is 0 Å². The molecule has 0 fully saturated rings. The molecule has 0 amide bonds. The minimum atomic E-state index is -0.346. The van der Waals surface area contributed by atoms with E-state index < -0.39 is 0 Å². The van der Waals surface area contributed by atoms with Crippen molar-refractivity contribution in [2.24, 2.45) is 0 Å². The quantitative estimate of drug-likeness (QED) is 0.663. The first kappa shape index (κ1) is 9.32. The molecule has 3 nitrogen and oxygen atoms in total. The maximum absolute atomic E-state index is 11.1. The summed E-state index contributed by atoms with van der Waals surface area (Å²) in [7, 11) is 0. The van der Waals surface area contributed by atoms with Gasteiger partial charge >= 0.3 is 0 Å². The zero-order chi connectivity index (χ0) is 9.30. The average Bonchev–Trinajstić information content (AvgIpc) is 2.25. The molecular formula is C8H10O3S. The van der Waals surface area contributed by atoms with E-state index in [2.05, 4.69) is 0 Å². The Balaban J connectivity index is 3.01. The van der Waals surface area contributed by atoms with Crippen LogP contribution in [0.3, 0.4) is 0 Å². The van der Waals surface area contributed by atoms with Crippen LogP contribution in [0.1, 0.15) is 20.3 Å². The lowest BCUT2D eigenvalue weighted by Crippen LogP contribution is -2.05. The molecule has 1 unspecified atom stereocenters. The van der Waals surface area contributed by atoms with Crippen LogP contribution in [0.4, 0.5) is 0 Å². The van der Waals surface area contributed by atoms with Gasteiger partial charge < -0.3 is 5.11 Å². The molecule has 0 aromatic rings. The molecule has 1 atom stereocenters. The Kier molecular flexibility index (Phi) is 2.57. The van der Waals surface area contributed by atoms with Crippen LogP contribution < -0.4 is 0 Å². The Labute approximate surface area is 74.8 Å². The Morgan fingerprint density at radius 1 is 1.67 bits per heavy atom. The molecule has 0 saturated carbocycles. The first-order valence-electron chi connectivity index (χ1n) is 3.73. The minimum absolute atomic E-state index is 0.0214. The molecule has 1 aliphatic rings. The lowest BCUT2D eigenvalue weighted by molar-refractivity contribution is -0.116. The third kappa shape index (κ3) is 1.39. The summed E-state index contributed by atoms with van der Waals surface area (Å²) in [6, 6.07) is 0. The lowest BCUT2D eigenvalue weighted by Gasteiger charge is -2.02. The predicted octanol–water partition coefficient (Wildman–Crippen LogP) is 1.44. The van der Waals surface area contributed by atoms with E-state index in [4.69, 9.17) is 0 Å². The van der Waals surface area contributed by atoms with Crippen LogP contribution in [0, 0.1) is 0 Å². The van der Waals surface area contributed by atoms with E-state index in [0.29, 0.717) is 6.42 Å². The second kappa shape index (κ2) is 3.31. The number of Topliss-reactive ketones (excluding diaryl/α,β-unsaturated/α-hetero) is 1. The number of rotatable bonds is 2. The number of carbonyl (C=O) groups is 2. The topological polar surface area (TPSA) is 54.4 Å². The minimum Gasteiger partial charge on any atom is -0.510 e. The molecule has 0 saturated heterocycles. The molecule has 0 aromatic carbocycles. The maximum Gasteiger partial charge on any atom is 0.227 e. The van der Waals surface area contributed by atoms with Gasteiger partial charge in [0.2, 0.25) is 5.12 Å². The van der Waals surface area contributed by atoms with Crippen molar-refractivity contribution in [2.45, 2.75) is 25.5 Å². The summed E-state index contributed by atoms with van der Waals surface area (Å²) in [6.45, 7) is 3.16. The second-order valence-electron chi connectivity index (χ2n) is 2.62. The first-order valence-corrected chi connectivity index (χ1v) is 4.61. The van der Waals surface area contributed by atoms with Gasteiger partial charge in [-0.15, -0.1) is 0 Å². The van der Waals surface area contributed by atoms with Gasteiger partial charge in [-0.2, -0.15) is 0 Å². The number of hydrogen-bond donors (Lipinski definition) is 1. The Morgan fingerprint density at radius 3 is 2.50 bits per heavy atom. The van der Waals surface area contributed by atoms with Gasteiger partial charge in [0, 0.05) is 0 Å². The van der Waals surface area contributed by atoms with Crippen molar-refractivity contribution in [3.63, 3.8) is 0 Å². The van der Waals surface area contributed by atoms with E-state index in [1.54, 1.807) is 0 Å². The van der Waals surface area contributed by atoms with Crippen LogP contribution in [0.5, 0.6) is 0 Å². The molecule has 4 heteroatoms. The normalized spacial score (nSPS) is 23.5. The van der Waals surface area contributed by atoms with E-state index in [-0.39, 0.29) is 27.5 Å². The summed E-state index contributed by atoms with van der Waals surface area (Å²) in [5, 5.41) is 8.90. The highest BCUT2D eigenvalue weighted by atomic mass is 32.2. The summed E-state index contributed by atoms with van der Waals surface area (Å²) in [6.07, 6.45) is 0.666. The number of carbonyl (C=O) groups excluding carboxylic acids is 2. The van der Waals surface area contributed by atoms with Crippen LogP contribution >= 0.6 is 11.8 Å². The summed E-state index contributed by atoms with van der Waals surface area (Å²) < 4.78 is 0. The summed E-state index contributed by atoms with van der Waals surface area (Å²) in [5.41, 5.74) is -0.0214. The van der Waals surface area contributed by atoms with Crippen molar-refractivity contribution in [1.29, 1.82) is 0 Å². The summed E-state index contributed by atoms with van der Waals surface area (Å²) >= 11 is 1.03. The standard InChI is InChI=1S/C8H10O3S/c1-3-5-7(10)6(4(2)9)8(11)12-5/h5,10H,3H2,1-2H3. The third-order valence-corrected chi connectivity index (χ3v) is 3.00. The van der Waals surface area contributed by atoms with Gasteiger partial charge in [-0.1, -0.05) is 18.7 Å². The van der Waals surface area contributed by atoms with Gasteiger partial charge in [-0.05, 0) is 13.3 Å². The van der Waals surface area contributed by atoms with Crippen LogP contribution in [-0.2, 0) is 9.59 Å². The van der Waals surface area contributed by atoms with E-state index >= 15 is 0 Å². The fourth-order valence-corrected chi connectivity index (χ4v) is 2.13. The molecule has 1 N–H and O–H groups in total. The van der Waals surface area contributed by atoms with Crippen molar-refractivity contribution >= 4 is 22.7 Å². The highest BCUT2D eigenvalue weighted by Crippen LogP contribution is 2.34. The molecule has 0 bridgehead atoms. The van der Waals surface area contributed by atoms with E-state index in [9.17, 15) is 14.7 Å². The van der Waals surface area contributed by atoms with Crippen LogP contribution in [-0.4, -0.2) is 21.3 Å². The fourth-order valence-electron chi connectivity index (χ4n) is 1.11. The molecule has 0 aromatic heterocycles. The van der Waals surface area contributed by atoms with Crippen LogP contribution in [0.2, 0.25) is 0 Å². The Hall–Kier alpha value is -0.770. The van der Waals surface area contributed by atoms with Gasteiger partial charge in [0.15, 0.2) is 5.78 Å². The van der Waals surface area contributed by atoms with Gasteiger partial charge in [-0.25, -0.2) is 0 Å². The highest BCUT2D eigenvalue weighted by molar-refractivity contribution is 8.15. The zero-order valence-electron chi connectivity index (χ0n) is 6.96. The molecule has 0 aliphatic carbocycles. The van der Waals surface area contributed by atoms with E-state index in [0.717, 1.165) is 11.8 Å². The molecule has 12 heavy (non-hydrogen) atoms. The number of ketones is 1. The maximum atomic E-state index is 11.1. The monoisotopic (exact) mass is 186 g/mol. The van der Waals surface area contributed by atoms with Crippen LogP contribution in [0.15, 0.2) is 11.3 Å². The van der Waals surface area contributed by atoms with Crippen molar-refractivity contribution in [1.82, 2.24) is 0 Å². The van der Waals surface area contributed by atoms with Crippen LogP contribution in [0.25, 0.3) is 0 Å².